The normalized spacial score (nSPS) is 18.5. The predicted molar refractivity (Wildman–Crippen MR) is 122 cm³/mol. The molecule has 6 nitrogen and oxygen atoms in total. The van der Waals surface area contributed by atoms with E-state index in [1.807, 2.05) is 37.3 Å². The molecule has 0 aliphatic carbocycles. The summed E-state index contributed by atoms with van der Waals surface area (Å²) >= 11 is 7.79. The molecule has 1 fully saturated rings. The van der Waals surface area contributed by atoms with E-state index < -0.39 is 0 Å². The van der Waals surface area contributed by atoms with Crippen molar-refractivity contribution in [3.05, 3.63) is 63.1 Å². The SMILES string of the molecule is COc1cccc([C@H]2CC(=O)N3CN(c4ccc(C)c(Cl)c4)CSC3=C2C#N)c1OC. The van der Waals surface area contributed by atoms with Crippen molar-refractivity contribution in [1.29, 1.82) is 5.26 Å². The highest BCUT2D eigenvalue weighted by molar-refractivity contribution is 8.03. The van der Waals surface area contributed by atoms with Crippen molar-refractivity contribution in [3.63, 3.8) is 0 Å². The van der Waals surface area contributed by atoms with Gasteiger partial charge < -0.3 is 14.4 Å². The average Bonchev–Trinajstić information content (AvgIpc) is 2.80. The summed E-state index contributed by atoms with van der Waals surface area (Å²) in [4.78, 5) is 17.0. The molecule has 0 N–H and O–H groups in total. The van der Waals surface area contributed by atoms with Crippen LogP contribution < -0.4 is 14.4 Å². The maximum atomic E-state index is 13.2. The number of aryl methyl sites for hydroxylation is 1. The van der Waals surface area contributed by atoms with E-state index in [0.29, 0.717) is 39.7 Å². The van der Waals surface area contributed by atoms with E-state index in [-0.39, 0.29) is 18.2 Å². The summed E-state index contributed by atoms with van der Waals surface area (Å²) < 4.78 is 11.0. The molecular weight excluding hydrogens is 434 g/mol. The number of nitriles is 1. The Labute approximate surface area is 191 Å². The molecule has 1 atom stereocenters. The van der Waals surface area contributed by atoms with E-state index in [1.54, 1.807) is 25.2 Å². The number of benzene rings is 2. The molecule has 160 valence electrons. The molecule has 1 saturated heterocycles. The molecule has 0 spiro atoms. The molecule has 2 aromatic carbocycles. The van der Waals surface area contributed by atoms with Gasteiger partial charge in [0.05, 0.1) is 43.4 Å². The first kappa shape index (κ1) is 21.4. The first-order valence-corrected chi connectivity index (χ1v) is 11.1. The number of ether oxygens (including phenoxy) is 2. The lowest BCUT2D eigenvalue weighted by Crippen LogP contribution is -2.47. The Bertz CT molecular complexity index is 1110. The highest BCUT2D eigenvalue weighted by Crippen LogP contribution is 2.47. The number of allylic oxidation sites excluding steroid dienone is 1. The summed E-state index contributed by atoms with van der Waals surface area (Å²) in [6.45, 7) is 2.34. The number of carbonyl (C=O) groups excluding carboxylic acids is 1. The van der Waals surface area contributed by atoms with E-state index in [2.05, 4.69) is 11.0 Å². The monoisotopic (exact) mass is 455 g/mol. The van der Waals surface area contributed by atoms with Crippen LogP contribution in [0.5, 0.6) is 11.5 Å². The minimum atomic E-state index is -0.373. The second-order valence-corrected chi connectivity index (χ2v) is 8.72. The van der Waals surface area contributed by atoms with Gasteiger partial charge in [-0.25, -0.2) is 0 Å². The number of hydrogen-bond donors (Lipinski definition) is 0. The highest BCUT2D eigenvalue weighted by atomic mass is 35.5. The summed E-state index contributed by atoms with van der Waals surface area (Å²) in [6.07, 6.45) is 0.193. The van der Waals surface area contributed by atoms with Gasteiger partial charge >= 0.3 is 0 Å². The maximum Gasteiger partial charge on any atom is 0.229 e. The van der Waals surface area contributed by atoms with Gasteiger partial charge in [0.25, 0.3) is 0 Å². The summed E-state index contributed by atoms with van der Waals surface area (Å²) in [5, 5.41) is 11.4. The van der Waals surface area contributed by atoms with Gasteiger partial charge in [-0.2, -0.15) is 5.26 Å². The van der Waals surface area contributed by atoms with Gasteiger partial charge in [0.15, 0.2) is 11.5 Å². The summed E-state index contributed by atoms with van der Waals surface area (Å²) in [5.41, 5.74) is 3.32. The van der Waals surface area contributed by atoms with Gasteiger partial charge in [-0.3, -0.25) is 9.69 Å². The molecule has 4 rings (SSSR count). The van der Waals surface area contributed by atoms with E-state index in [4.69, 9.17) is 21.1 Å². The number of halogens is 1. The topological polar surface area (TPSA) is 65.8 Å². The van der Waals surface area contributed by atoms with E-state index >= 15 is 0 Å². The third-order valence-corrected chi connectivity index (χ3v) is 7.18. The highest BCUT2D eigenvalue weighted by Gasteiger charge is 2.39. The van der Waals surface area contributed by atoms with Crippen LogP contribution >= 0.6 is 23.4 Å². The number of thioether (sulfide) groups is 1. The molecule has 0 unspecified atom stereocenters. The lowest BCUT2D eigenvalue weighted by molar-refractivity contribution is -0.129. The van der Waals surface area contributed by atoms with Crippen molar-refractivity contribution in [3.8, 4) is 17.6 Å². The minimum absolute atomic E-state index is 0.0284. The Balaban J connectivity index is 1.70. The number of hydrogen-bond acceptors (Lipinski definition) is 6. The Morgan fingerprint density at radius 1 is 1.23 bits per heavy atom. The largest absolute Gasteiger partial charge is 0.493 e. The zero-order chi connectivity index (χ0) is 22.1. The molecule has 0 saturated carbocycles. The van der Waals surface area contributed by atoms with Crippen molar-refractivity contribution in [1.82, 2.24) is 4.90 Å². The van der Waals surface area contributed by atoms with Crippen molar-refractivity contribution in [2.75, 3.05) is 31.7 Å². The second kappa shape index (κ2) is 8.74. The minimum Gasteiger partial charge on any atom is -0.493 e. The Morgan fingerprint density at radius 3 is 2.71 bits per heavy atom. The van der Waals surface area contributed by atoms with E-state index in [9.17, 15) is 10.1 Å². The van der Waals surface area contributed by atoms with Crippen LogP contribution in [0.4, 0.5) is 5.69 Å². The van der Waals surface area contributed by atoms with Crippen LogP contribution in [0.1, 0.15) is 23.5 Å². The van der Waals surface area contributed by atoms with Crippen LogP contribution in [-0.2, 0) is 4.79 Å². The number of para-hydroxylation sites is 1. The third-order valence-electron chi connectivity index (χ3n) is 5.62. The first-order chi connectivity index (χ1) is 15.0. The Kier molecular flexibility index (Phi) is 6.03. The van der Waals surface area contributed by atoms with Crippen LogP contribution in [0.3, 0.4) is 0 Å². The summed E-state index contributed by atoms with van der Waals surface area (Å²) in [7, 11) is 3.14. The molecule has 31 heavy (non-hydrogen) atoms. The smallest absolute Gasteiger partial charge is 0.229 e. The second-order valence-electron chi connectivity index (χ2n) is 7.38. The summed E-state index contributed by atoms with van der Waals surface area (Å²) in [5.74, 6) is 1.35. The fourth-order valence-corrected chi connectivity index (χ4v) is 5.30. The van der Waals surface area contributed by atoms with Crippen molar-refractivity contribution in [2.24, 2.45) is 0 Å². The molecule has 0 bridgehead atoms. The number of anilines is 1. The molecule has 0 aromatic heterocycles. The molecule has 2 heterocycles. The quantitative estimate of drug-likeness (QED) is 0.654. The molecule has 2 aliphatic heterocycles. The van der Waals surface area contributed by atoms with Crippen LogP contribution in [0.25, 0.3) is 0 Å². The van der Waals surface area contributed by atoms with Gasteiger partial charge in [-0.15, -0.1) is 0 Å². The fraction of sp³-hybridized carbons (Fsp3) is 0.304. The Hall–Kier alpha value is -2.82. The van der Waals surface area contributed by atoms with Crippen molar-refractivity contribution in [2.45, 2.75) is 19.3 Å². The number of rotatable bonds is 4. The molecule has 8 heteroatoms. The van der Waals surface area contributed by atoms with E-state index in [0.717, 1.165) is 16.8 Å². The van der Waals surface area contributed by atoms with Crippen LogP contribution in [0.2, 0.25) is 5.02 Å². The number of carbonyl (C=O) groups is 1. The maximum absolute atomic E-state index is 13.2. The standard InChI is InChI=1S/C23H22ClN3O3S/c1-14-7-8-15(9-19(14)24)26-12-27-21(28)10-17(18(11-25)23(27)31-13-26)16-5-4-6-20(29-2)22(16)30-3/h4-9,17H,10,12-13H2,1-3H3/t17-/m1/s1. The van der Waals surface area contributed by atoms with Gasteiger partial charge in [0.1, 0.15) is 0 Å². The summed E-state index contributed by atoms with van der Waals surface area (Å²) in [6, 6.07) is 13.8. The predicted octanol–water partition coefficient (Wildman–Crippen LogP) is 4.89. The van der Waals surface area contributed by atoms with Gasteiger partial charge in [-0.1, -0.05) is 41.6 Å². The average molecular weight is 456 g/mol. The lowest BCUT2D eigenvalue weighted by atomic mass is 9.85. The van der Waals surface area contributed by atoms with Crippen LogP contribution in [0, 0.1) is 18.3 Å². The molecular formula is C23H22ClN3O3S. The molecule has 0 radical (unpaired) electrons. The molecule has 2 aromatic rings. The fourth-order valence-electron chi connectivity index (χ4n) is 3.96. The van der Waals surface area contributed by atoms with Crippen molar-refractivity contribution >= 4 is 35.0 Å². The number of amides is 1. The zero-order valence-electron chi connectivity index (χ0n) is 17.5. The van der Waals surface area contributed by atoms with Gasteiger partial charge in [0, 0.05) is 28.6 Å². The van der Waals surface area contributed by atoms with Gasteiger partial charge in [-0.05, 0) is 30.7 Å². The number of nitrogens with zero attached hydrogens (tertiary/aromatic N) is 3. The zero-order valence-corrected chi connectivity index (χ0v) is 19.1. The molecule has 1 amide bonds. The van der Waals surface area contributed by atoms with Gasteiger partial charge in [0.2, 0.25) is 5.91 Å². The van der Waals surface area contributed by atoms with Crippen LogP contribution in [0.15, 0.2) is 47.0 Å². The molecule has 2 aliphatic rings. The number of methoxy groups -OCH3 is 2. The third kappa shape index (κ3) is 3.82. The van der Waals surface area contributed by atoms with E-state index in [1.165, 1.54) is 11.8 Å². The number of fused-ring (bicyclic) bond motifs is 1. The lowest BCUT2D eigenvalue weighted by Gasteiger charge is -2.42. The van der Waals surface area contributed by atoms with Crippen molar-refractivity contribution < 1.29 is 14.3 Å². The van der Waals surface area contributed by atoms with Crippen LogP contribution in [-0.4, -0.2) is 37.6 Å². The first-order valence-electron chi connectivity index (χ1n) is 9.77. The Morgan fingerprint density at radius 2 is 2.03 bits per heavy atom.